The minimum atomic E-state index is -0.967. The van der Waals surface area contributed by atoms with Crippen molar-refractivity contribution >= 4 is 5.78 Å². The number of hydrogen-bond donors (Lipinski definition) is 2. The first-order chi connectivity index (χ1) is 11.1. The standard InChI is InChI=1S/C21H26O3/c1-20(2,23)14-18(21(3,4)24)15-10-12-17(13-11-15)19(22)16-8-6-5-7-9-16/h5-13,18,23-24H,14H2,1-4H3. The van der Waals surface area contributed by atoms with Crippen LogP contribution in [0.1, 0.15) is 61.5 Å². The maximum atomic E-state index is 12.5. The van der Waals surface area contributed by atoms with Crippen molar-refractivity contribution in [2.24, 2.45) is 0 Å². The number of carbonyl (C=O) groups excluding carboxylic acids is 1. The predicted molar refractivity (Wildman–Crippen MR) is 96.3 cm³/mol. The van der Waals surface area contributed by atoms with E-state index in [1.807, 2.05) is 30.3 Å². The van der Waals surface area contributed by atoms with Gasteiger partial charge in [0.1, 0.15) is 0 Å². The molecule has 0 amide bonds. The van der Waals surface area contributed by atoms with Crippen molar-refractivity contribution in [2.45, 2.75) is 51.2 Å². The third-order valence-electron chi connectivity index (χ3n) is 4.17. The van der Waals surface area contributed by atoms with Gasteiger partial charge in [0.25, 0.3) is 0 Å². The van der Waals surface area contributed by atoms with Crippen LogP contribution in [0.2, 0.25) is 0 Å². The van der Waals surface area contributed by atoms with Crippen LogP contribution >= 0.6 is 0 Å². The largest absolute Gasteiger partial charge is 0.390 e. The van der Waals surface area contributed by atoms with E-state index in [-0.39, 0.29) is 11.7 Å². The van der Waals surface area contributed by atoms with Gasteiger partial charge >= 0.3 is 0 Å². The highest BCUT2D eigenvalue weighted by atomic mass is 16.3. The second kappa shape index (κ2) is 6.88. The van der Waals surface area contributed by atoms with E-state index >= 15 is 0 Å². The Morgan fingerprint density at radius 3 is 1.83 bits per heavy atom. The molecule has 0 spiro atoms. The fraction of sp³-hybridized carbons (Fsp3) is 0.381. The highest BCUT2D eigenvalue weighted by Crippen LogP contribution is 2.35. The van der Waals surface area contributed by atoms with Gasteiger partial charge in [0.2, 0.25) is 0 Å². The van der Waals surface area contributed by atoms with E-state index in [0.717, 1.165) is 5.56 Å². The van der Waals surface area contributed by atoms with Crippen LogP contribution < -0.4 is 0 Å². The zero-order valence-corrected chi connectivity index (χ0v) is 14.8. The molecule has 1 unspecified atom stereocenters. The molecule has 2 aromatic carbocycles. The van der Waals surface area contributed by atoms with E-state index < -0.39 is 11.2 Å². The number of carbonyl (C=O) groups is 1. The van der Waals surface area contributed by atoms with Gasteiger partial charge in [-0.25, -0.2) is 0 Å². The van der Waals surface area contributed by atoms with Crippen LogP contribution in [0.4, 0.5) is 0 Å². The number of hydrogen-bond acceptors (Lipinski definition) is 3. The van der Waals surface area contributed by atoms with E-state index in [9.17, 15) is 15.0 Å². The predicted octanol–water partition coefficient (Wildman–Crippen LogP) is 3.93. The molecular weight excluding hydrogens is 300 g/mol. The van der Waals surface area contributed by atoms with Gasteiger partial charge in [0.15, 0.2) is 5.78 Å². The van der Waals surface area contributed by atoms with Gasteiger partial charge in [-0.05, 0) is 39.7 Å². The molecule has 0 aromatic heterocycles. The minimum Gasteiger partial charge on any atom is -0.390 e. The summed E-state index contributed by atoms with van der Waals surface area (Å²) in [6, 6.07) is 16.5. The number of aliphatic hydroxyl groups is 2. The maximum Gasteiger partial charge on any atom is 0.193 e. The van der Waals surface area contributed by atoms with Crippen molar-refractivity contribution in [3.05, 3.63) is 71.3 Å². The van der Waals surface area contributed by atoms with Crippen LogP contribution in [-0.2, 0) is 0 Å². The molecule has 3 heteroatoms. The Morgan fingerprint density at radius 1 is 0.875 bits per heavy atom. The SMILES string of the molecule is CC(C)(O)CC(c1ccc(C(=O)c2ccccc2)cc1)C(C)(C)O. The summed E-state index contributed by atoms with van der Waals surface area (Å²) >= 11 is 0. The molecule has 0 aliphatic carbocycles. The summed E-state index contributed by atoms with van der Waals surface area (Å²) in [6.45, 7) is 6.96. The van der Waals surface area contributed by atoms with E-state index in [1.165, 1.54) is 0 Å². The molecule has 0 fully saturated rings. The normalized spacial score (nSPS) is 13.6. The third-order valence-corrected chi connectivity index (χ3v) is 4.17. The molecule has 0 aliphatic heterocycles. The molecule has 2 N–H and O–H groups in total. The number of benzene rings is 2. The summed E-state index contributed by atoms with van der Waals surface area (Å²) in [6.07, 6.45) is 0.433. The number of rotatable bonds is 6. The van der Waals surface area contributed by atoms with Crippen LogP contribution in [0.3, 0.4) is 0 Å². The van der Waals surface area contributed by atoms with Crippen LogP contribution in [0.25, 0.3) is 0 Å². The Balaban J connectivity index is 2.28. The van der Waals surface area contributed by atoms with E-state index in [1.54, 1.807) is 52.0 Å². The van der Waals surface area contributed by atoms with Gasteiger partial charge in [-0.1, -0.05) is 54.6 Å². The Morgan fingerprint density at radius 2 is 1.38 bits per heavy atom. The average molecular weight is 326 g/mol. The second-order valence-electron chi connectivity index (χ2n) is 7.54. The monoisotopic (exact) mass is 326 g/mol. The molecule has 0 heterocycles. The Hall–Kier alpha value is -1.97. The molecule has 0 aliphatic rings. The second-order valence-corrected chi connectivity index (χ2v) is 7.54. The molecule has 0 bridgehead atoms. The minimum absolute atomic E-state index is 0.0237. The molecular formula is C21H26O3. The fourth-order valence-corrected chi connectivity index (χ4v) is 2.90. The zero-order valence-electron chi connectivity index (χ0n) is 14.8. The molecule has 3 nitrogen and oxygen atoms in total. The lowest BCUT2D eigenvalue weighted by atomic mass is 9.77. The van der Waals surface area contributed by atoms with Gasteiger partial charge in [0, 0.05) is 17.0 Å². The Labute approximate surface area is 144 Å². The summed E-state index contributed by atoms with van der Waals surface area (Å²) in [5.74, 6) is -0.247. The van der Waals surface area contributed by atoms with E-state index in [2.05, 4.69) is 0 Å². The lowest BCUT2D eigenvalue weighted by Gasteiger charge is -2.34. The van der Waals surface area contributed by atoms with Gasteiger partial charge in [-0.3, -0.25) is 4.79 Å². The molecule has 1 atom stereocenters. The Kier molecular flexibility index (Phi) is 5.26. The third kappa shape index (κ3) is 4.76. The average Bonchev–Trinajstić information content (AvgIpc) is 2.51. The topological polar surface area (TPSA) is 57.5 Å². The van der Waals surface area contributed by atoms with E-state index in [4.69, 9.17) is 0 Å². The molecule has 2 aromatic rings. The first-order valence-corrected chi connectivity index (χ1v) is 8.22. The Bertz CT molecular complexity index is 674. The summed E-state index contributed by atoms with van der Waals surface area (Å²) in [7, 11) is 0. The summed E-state index contributed by atoms with van der Waals surface area (Å²) in [4.78, 5) is 12.5. The smallest absolute Gasteiger partial charge is 0.193 e. The highest BCUT2D eigenvalue weighted by molar-refractivity contribution is 6.08. The van der Waals surface area contributed by atoms with Gasteiger partial charge in [-0.15, -0.1) is 0 Å². The molecule has 24 heavy (non-hydrogen) atoms. The van der Waals surface area contributed by atoms with Crippen molar-refractivity contribution in [1.29, 1.82) is 0 Å². The van der Waals surface area contributed by atoms with Crippen molar-refractivity contribution in [1.82, 2.24) is 0 Å². The van der Waals surface area contributed by atoms with Crippen LogP contribution in [0, 0.1) is 0 Å². The van der Waals surface area contributed by atoms with Gasteiger partial charge in [-0.2, -0.15) is 0 Å². The summed E-state index contributed by atoms with van der Waals surface area (Å²) in [5, 5.41) is 20.6. The van der Waals surface area contributed by atoms with Crippen LogP contribution in [-0.4, -0.2) is 27.2 Å². The van der Waals surface area contributed by atoms with Gasteiger partial charge in [0.05, 0.1) is 11.2 Å². The lowest BCUT2D eigenvalue weighted by Crippen LogP contribution is -2.35. The zero-order chi connectivity index (χ0) is 18.0. The number of ketones is 1. The van der Waals surface area contributed by atoms with Crippen molar-refractivity contribution in [3.63, 3.8) is 0 Å². The molecule has 0 radical (unpaired) electrons. The molecule has 128 valence electrons. The van der Waals surface area contributed by atoms with Crippen molar-refractivity contribution in [2.75, 3.05) is 0 Å². The van der Waals surface area contributed by atoms with Crippen molar-refractivity contribution in [3.8, 4) is 0 Å². The first kappa shape index (κ1) is 18.4. The maximum absolute atomic E-state index is 12.5. The van der Waals surface area contributed by atoms with Crippen molar-refractivity contribution < 1.29 is 15.0 Å². The molecule has 2 rings (SSSR count). The molecule has 0 saturated carbocycles. The van der Waals surface area contributed by atoms with Crippen LogP contribution in [0.15, 0.2) is 54.6 Å². The van der Waals surface area contributed by atoms with Gasteiger partial charge < -0.3 is 10.2 Å². The molecule has 0 saturated heterocycles. The van der Waals surface area contributed by atoms with Crippen LogP contribution in [0.5, 0.6) is 0 Å². The fourth-order valence-electron chi connectivity index (χ4n) is 2.90. The summed E-state index contributed by atoms with van der Waals surface area (Å²) in [5.41, 5.74) is 0.325. The first-order valence-electron chi connectivity index (χ1n) is 8.22. The lowest BCUT2D eigenvalue weighted by molar-refractivity contribution is -0.00224. The highest BCUT2D eigenvalue weighted by Gasteiger charge is 2.33. The van der Waals surface area contributed by atoms with E-state index in [0.29, 0.717) is 17.5 Å². The summed E-state index contributed by atoms with van der Waals surface area (Å²) < 4.78 is 0. The quantitative estimate of drug-likeness (QED) is 0.791.